The van der Waals surface area contributed by atoms with Crippen LogP contribution in [0.3, 0.4) is 0 Å². The lowest BCUT2D eigenvalue weighted by molar-refractivity contribution is 0.458. The summed E-state index contributed by atoms with van der Waals surface area (Å²) in [5, 5.41) is 0. The van der Waals surface area contributed by atoms with Crippen LogP contribution in [0.2, 0.25) is 0 Å². The molecule has 0 bridgehead atoms. The fourth-order valence-corrected chi connectivity index (χ4v) is 2.80. The monoisotopic (exact) mass is 260 g/mol. The van der Waals surface area contributed by atoms with Crippen LogP contribution in [-0.4, -0.2) is 9.55 Å². The Labute approximate surface area is 108 Å². The fraction of sp³-hybridized carbons (Fsp3) is 0.231. The molecule has 0 spiro atoms. The number of benzene rings is 1. The summed E-state index contributed by atoms with van der Waals surface area (Å²) in [4.78, 5) is 16.3. The van der Waals surface area contributed by atoms with Gasteiger partial charge in [0.2, 0.25) is 5.89 Å². The molecule has 0 aliphatic carbocycles. The smallest absolute Gasteiger partial charge is 0.308 e. The molecule has 0 radical (unpaired) electrons. The van der Waals surface area contributed by atoms with Gasteiger partial charge in [0.05, 0.1) is 15.9 Å². The van der Waals surface area contributed by atoms with Gasteiger partial charge in [-0.15, -0.1) is 0 Å². The maximum Gasteiger partial charge on any atom is 0.308 e. The number of aromatic nitrogens is 2. The number of thiazole rings is 1. The Morgan fingerprint density at radius 3 is 2.83 bits per heavy atom. The van der Waals surface area contributed by atoms with E-state index in [0.717, 1.165) is 21.7 Å². The summed E-state index contributed by atoms with van der Waals surface area (Å²) in [7, 11) is 0. The van der Waals surface area contributed by atoms with Crippen molar-refractivity contribution >= 4 is 21.6 Å². The van der Waals surface area contributed by atoms with Gasteiger partial charge in [-0.25, -0.2) is 4.98 Å². The van der Waals surface area contributed by atoms with E-state index in [1.54, 1.807) is 4.57 Å². The number of hydrogen-bond donors (Lipinski definition) is 0. The molecule has 0 saturated heterocycles. The van der Waals surface area contributed by atoms with Crippen LogP contribution in [0.25, 0.3) is 10.2 Å². The zero-order valence-electron chi connectivity index (χ0n) is 10.1. The summed E-state index contributed by atoms with van der Waals surface area (Å²) < 4.78 is 8.21. The van der Waals surface area contributed by atoms with Gasteiger partial charge >= 0.3 is 4.87 Å². The highest BCUT2D eigenvalue weighted by Gasteiger charge is 2.11. The van der Waals surface area contributed by atoms with E-state index < -0.39 is 0 Å². The number of oxazole rings is 1. The van der Waals surface area contributed by atoms with Gasteiger partial charge in [0.1, 0.15) is 12.3 Å². The van der Waals surface area contributed by atoms with Gasteiger partial charge < -0.3 is 4.42 Å². The highest BCUT2D eigenvalue weighted by Crippen LogP contribution is 2.18. The number of rotatable bonds is 2. The number of fused-ring (bicyclic) bond motifs is 1. The zero-order valence-corrected chi connectivity index (χ0v) is 11.0. The molecule has 18 heavy (non-hydrogen) atoms. The molecule has 1 aromatic carbocycles. The molecule has 0 N–H and O–H groups in total. The van der Waals surface area contributed by atoms with Crippen LogP contribution < -0.4 is 4.87 Å². The Morgan fingerprint density at radius 1 is 1.33 bits per heavy atom. The van der Waals surface area contributed by atoms with Gasteiger partial charge in [0.25, 0.3) is 0 Å². The summed E-state index contributed by atoms with van der Waals surface area (Å²) in [5.74, 6) is 1.38. The lowest BCUT2D eigenvalue weighted by Crippen LogP contribution is -2.13. The molecule has 4 nitrogen and oxygen atoms in total. The summed E-state index contributed by atoms with van der Waals surface area (Å²) in [6.07, 6.45) is 0. The van der Waals surface area contributed by atoms with Crippen molar-refractivity contribution in [2.75, 3.05) is 0 Å². The quantitative estimate of drug-likeness (QED) is 0.711. The summed E-state index contributed by atoms with van der Waals surface area (Å²) in [5.41, 5.74) is 1.80. The molecule has 2 heterocycles. The SMILES string of the molecule is Cc1nc(Cn2c(=O)sc3ccccc32)oc1C. The van der Waals surface area contributed by atoms with Crippen molar-refractivity contribution in [1.29, 1.82) is 0 Å². The fourth-order valence-electron chi connectivity index (χ4n) is 1.91. The first kappa shape index (κ1) is 11.2. The minimum absolute atomic E-state index is 0.0182. The maximum absolute atomic E-state index is 11.9. The molecule has 0 atom stereocenters. The topological polar surface area (TPSA) is 48.0 Å². The van der Waals surface area contributed by atoms with Gasteiger partial charge in [0, 0.05) is 0 Å². The predicted molar refractivity (Wildman–Crippen MR) is 71.2 cm³/mol. The van der Waals surface area contributed by atoms with Crippen molar-refractivity contribution in [3.63, 3.8) is 0 Å². The van der Waals surface area contributed by atoms with Crippen LogP contribution >= 0.6 is 11.3 Å². The molecule has 3 rings (SSSR count). The first-order valence-corrected chi connectivity index (χ1v) is 6.48. The standard InChI is InChI=1S/C13H12N2O2S/c1-8-9(2)17-12(14-8)7-15-10-5-3-4-6-11(10)18-13(15)16/h3-6H,7H2,1-2H3. The van der Waals surface area contributed by atoms with E-state index in [2.05, 4.69) is 4.98 Å². The van der Waals surface area contributed by atoms with Crippen molar-refractivity contribution in [1.82, 2.24) is 9.55 Å². The Balaban J connectivity index is 2.09. The number of aryl methyl sites for hydroxylation is 2. The largest absolute Gasteiger partial charge is 0.444 e. The van der Waals surface area contributed by atoms with Gasteiger partial charge in [-0.1, -0.05) is 23.5 Å². The van der Waals surface area contributed by atoms with Crippen LogP contribution in [0, 0.1) is 13.8 Å². The van der Waals surface area contributed by atoms with Gasteiger partial charge in [-0.3, -0.25) is 9.36 Å². The van der Waals surface area contributed by atoms with Gasteiger partial charge in [-0.05, 0) is 26.0 Å². The average molecular weight is 260 g/mol. The van der Waals surface area contributed by atoms with Crippen molar-refractivity contribution < 1.29 is 4.42 Å². The third-order valence-corrected chi connectivity index (χ3v) is 3.90. The number of hydrogen-bond acceptors (Lipinski definition) is 4. The molecule has 92 valence electrons. The van der Waals surface area contributed by atoms with E-state index in [-0.39, 0.29) is 4.87 Å². The Hall–Kier alpha value is -1.88. The second kappa shape index (κ2) is 4.10. The van der Waals surface area contributed by atoms with E-state index in [0.29, 0.717) is 12.4 Å². The van der Waals surface area contributed by atoms with Crippen molar-refractivity contribution in [3.05, 3.63) is 51.3 Å². The van der Waals surface area contributed by atoms with Gasteiger partial charge in [-0.2, -0.15) is 0 Å². The molecule has 0 saturated carbocycles. The molecule has 3 aromatic rings. The van der Waals surface area contributed by atoms with E-state index in [4.69, 9.17) is 4.42 Å². The van der Waals surface area contributed by atoms with Crippen LogP contribution in [0.15, 0.2) is 33.5 Å². The van der Waals surface area contributed by atoms with Crippen LogP contribution in [-0.2, 0) is 6.54 Å². The second-order valence-corrected chi connectivity index (χ2v) is 5.16. The Kier molecular flexibility index (Phi) is 2.56. The predicted octanol–water partition coefficient (Wildman–Crippen LogP) is 2.72. The van der Waals surface area contributed by atoms with Crippen LogP contribution in [0.1, 0.15) is 17.3 Å². The minimum atomic E-state index is 0.0182. The van der Waals surface area contributed by atoms with Crippen LogP contribution in [0.5, 0.6) is 0 Å². The highest BCUT2D eigenvalue weighted by molar-refractivity contribution is 7.16. The molecule has 0 aliphatic rings. The molecule has 2 aromatic heterocycles. The molecular weight excluding hydrogens is 248 g/mol. The van der Waals surface area contributed by atoms with E-state index in [1.807, 2.05) is 38.1 Å². The summed E-state index contributed by atoms with van der Waals surface area (Å²) in [6.45, 7) is 4.16. The zero-order chi connectivity index (χ0) is 12.7. The van der Waals surface area contributed by atoms with E-state index in [9.17, 15) is 4.79 Å². The average Bonchev–Trinajstić information content (AvgIpc) is 2.82. The molecule has 0 amide bonds. The third kappa shape index (κ3) is 1.76. The minimum Gasteiger partial charge on any atom is -0.444 e. The second-order valence-electron chi connectivity index (χ2n) is 4.17. The summed E-state index contributed by atoms with van der Waals surface area (Å²) in [6, 6.07) is 7.75. The number of nitrogens with zero attached hydrogens (tertiary/aromatic N) is 2. The van der Waals surface area contributed by atoms with E-state index in [1.165, 1.54) is 11.3 Å². The Bertz CT molecular complexity index is 747. The Morgan fingerprint density at radius 2 is 2.11 bits per heavy atom. The summed E-state index contributed by atoms with van der Waals surface area (Å²) >= 11 is 1.25. The van der Waals surface area contributed by atoms with E-state index >= 15 is 0 Å². The molecular formula is C13H12N2O2S. The van der Waals surface area contributed by atoms with Crippen LogP contribution in [0.4, 0.5) is 0 Å². The molecule has 0 aliphatic heterocycles. The normalized spacial score (nSPS) is 11.2. The number of para-hydroxylation sites is 1. The van der Waals surface area contributed by atoms with Crippen molar-refractivity contribution in [2.24, 2.45) is 0 Å². The lowest BCUT2D eigenvalue weighted by atomic mass is 10.3. The first-order chi connectivity index (χ1) is 8.65. The molecule has 0 fully saturated rings. The molecule has 0 unspecified atom stereocenters. The van der Waals surface area contributed by atoms with Crippen molar-refractivity contribution in [2.45, 2.75) is 20.4 Å². The first-order valence-electron chi connectivity index (χ1n) is 5.66. The lowest BCUT2D eigenvalue weighted by Gasteiger charge is -1.99. The van der Waals surface area contributed by atoms with Crippen molar-refractivity contribution in [3.8, 4) is 0 Å². The third-order valence-electron chi connectivity index (χ3n) is 2.94. The van der Waals surface area contributed by atoms with Gasteiger partial charge in [0.15, 0.2) is 0 Å². The molecule has 5 heteroatoms. The maximum atomic E-state index is 11.9. The highest BCUT2D eigenvalue weighted by atomic mass is 32.1.